The number of aliphatic carboxylic acids is 1. The molecule has 0 radical (unpaired) electrons. The van der Waals surface area contributed by atoms with Gasteiger partial charge >= 0.3 is 5.97 Å². The molecule has 0 unspecified atom stereocenters. The quantitative estimate of drug-likeness (QED) is 0.900. The van der Waals surface area contributed by atoms with Gasteiger partial charge in [-0.3, -0.25) is 4.79 Å². The fourth-order valence-corrected chi connectivity index (χ4v) is 2.80. The number of hydrogen-bond acceptors (Lipinski definition) is 3. The average molecular weight is 356 g/mol. The molecule has 21 heavy (non-hydrogen) atoms. The number of benzene rings is 1. The van der Waals surface area contributed by atoms with Gasteiger partial charge in [0.15, 0.2) is 0 Å². The maximum Gasteiger partial charge on any atom is 0.329 e. The van der Waals surface area contributed by atoms with Gasteiger partial charge in [0, 0.05) is 17.6 Å². The van der Waals surface area contributed by atoms with Crippen molar-refractivity contribution in [1.29, 1.82) is 0 Å². The molecule has 0 atom stereocenters. The molecule has 6 heteroatoms. The summed E-state index contributed by atoms with van der Waals surface area (Å²) < 4.78 is 6.07. The number of halogens is 1. The van der Waals surface area contributed by atoms with Gasteiger partial charge in [-0.25, -0.2) is 4.79 Å². The summed E-state index contributed by atoms with van der Waals surface area (Å²) in [7, 11) is 0. The van der Waals surface area contributed by atoms with E-state index in [4.69, 9.17) is 9.84 Å². The molecule has 0 bridgehead atoms. The summed E-state index contributed by atoms with van der Waals surface area (Å²) in [5, 5.41) is 8.59. The van der Waals surface area contributed by atoms with Crippen LogP contribution in [0.4, 0.5) is 0 Å². The molecule has 1 fully saturated rings. The molecule has 0 aliphatic carbocycles. The normalized spacial score (nSPS) is 16.0. The number of ether oxygens (including phenoxy) is 1. The second kappa shape index (κ2) is 7.04. The molecule has 1 aromatic carbocycles. The number of carbonyl (C=O) groups is 2. The highest BCUT2D eigenvalue weighted by molar-refractivity contribution is 9.10. The lowest BCUT2D eigenvalue weighted by Crippen LogP contribution is -2.41. The molecule has 1 amide bonds. The summed E-state index contributed by atoms with van der Waals surface area (Å²) in [6, 6.07) is 5.71. The summed E-state index contributed by atoms with van der Waals surface area (Å²) in [6.45, 7) is 2.85. The van der Waals surface area contributed by atoms with Crippen LogP contribution in [-0.2, 0) is 9.53 Å². The SMILES string of the molecule is Cc1ccc(Br)c(C(=O)N2CCC(OCC(=O)O)CC2)c1. The Labute approximate surface area is 132 Å². The third kappa shape index (κ3) is 4.28. The molecule has 1 aliphatic heterocycles. The molecular weight excluding hydrogens is 338 g/mol. The second-order valence-corrected chi connectivity index (χ2v) is 6.03. The monoisotopic (exact) mass is 355 g/mol. The first-order valence-corrected chi connectivity index (χ1v) is 7.65. The number of hydrogen-bond donors (Lipinski definition) is 1. The molecule has 1 aromatic rings. The Morgan fingerprint density at radius 3 is 2.67 bits per heavy atom. The minimum Gasteiger partial charge on any atom is -0.480 e. The fraction of sp³-hybridized carbons (Fsp3) is 0.467. The standard InChI is InChI=1S/C15H18BrNO4/c1-10-2-3-13(16)12(8-10)15(20)17-6-4-11(5-7-17)21-9-14(18)19/h2-3,8,11H,4-7,9H2,1H3,(H,18,19). The lowest BCUT2D eigenvalue weighted by Gasteiger charge is -2.32. The van der Waals surface area contributed by atoms with Gasteiger partial charge in [-0.1, -0.05) is 11.6 Å². The summed E-state index contributed by atoms with van der Waals surface area (Å²) >= 11 is 3.41. The zero-order chi connectivity index (χ0) is 15.4. The van der Waals surface area contributed by atoms with Gasteiger partial charge in [-0.05, 0) is 47.8 Å². The minimum absolute atomic E-state index is 0.00209. The van der Waals surface area contributed by atoms with Crippen LogP contribution >= 0.6 is 15.9 Å². The van der Waals surface area contributed by atoms with E-state index < -0.39 is 5.97 Å². The predicted molar refractivity (Wildman–Crippen MR) is 81.4 cm³/mol. The fourth-order valence-electron chi connectivity index (χ4n) is 2.39. The number of carboxylic acids is 1. The topological polar surface area (TPSA) is 66.8 Å². The summed E-state index contributed by atoms with van der Waals surface area (Å²) in [5.74, 6) is -0.959. The van der Waals surface area contributed by atoms with E-state index in [9.17, 15) is 9.59 Å². The van der Waals surface area contributed by atoms with Gasteiger partial charge in [0.05, 0.1) is 11.7 Å². The van der Waals surface area contributed by atoms with Crippen LogP contribution in [0.1, 0.15) is 28.8 Å². The first-order chi connectivity index (χ1) is 9.97. The van der Waals surface area contributed by atoms with Gasteiger partial charge in [-0.15, -0.1) is 0 Å². The van der Waals surface area contributed by atoms with Gasteiger partial charge in [-0.2, -0.15) is 0 Å². The Morgan fingerprint density at radius 1 is 1.38 bits per heavy atom. The molecule has 1 aliphatic rings. The number of carbonyl (C=O) groups excluding carboxylic acids is 1. The van der Waals surface area contributed by atoms with Crippen molar-refractivity contribution in [3.8, 4) is 0 Å². The van der Waals surface area contributed by atoms with Gasteiger partial charge in [0.25, 0.3) is 5.91 Å². The van der Waals surface area contributed by atoms with Crippen molar-refractivity contribution in [2.75, 3.05) is 19.7 Å². The highest BCUT2D eigenvalue weighted by atomic mass is 79.9. The van der Waals surface area contributed by atoms with Crippen LogP contribution in [0.25, 0.3) is 0 Å². The molecule has 1 heterocycles. The molecule has 2 rings (SSSR count). The molecule has 114 valence electrons. The number of rotatable bonds is 4. The Morgan fingerprint density at radius 2 is 2.05 bits per heavy atom. The lowest BCUT2D eigenvalue weighted by molar-refractivity contribution is -0.145. The molecule has 0 spiro atoms. The van der Waals surface area contributed by atoms with Crippen LogP contribution < -0.4 is 0 Å². The third-order valence-corrected chi connectivity index (χ3v) is 4.22. The summed E-state index contributed by atoms with van der Waals surface area (Å²) in [5.41, 5.74) is 1.71. The average Bonchev–Trinajstić information content (AvgIpc) is 2.47. The van der Waals surface area contributed by atoms with Crippen LogP contribution in [-0.4, -0.2) is 47.7 Å². The third-order valence-electron chi connectivity index (χ3n) is 3.52. The Bertz CT molecular complexity index is 538. The van der Waals surface area contributed by atoms with E-state index in [0.717, 1.165) is 10.0 Å². The van der Waals surface area contributed by atoms with Crippen LogP contribution in [0, 0.1) is 6.92 Å². The molecule has 1 saturated heterocycles. The van der Waals surface area contributed by atoms with Crippen LogP contribution in [0.5, 0.6) is 0 Å². The Hall–Kier alpha value is -1.40. The molecule has 5 nitrogen and oxygen atoms in total. The highest BCUT2D eigenvalue weighted by Gasteiger charge is 2.25. The van der Waals surface area contributed by atoms with E-state index in [1.807, 2.05) is 25.1 Å². The van der Waals surface area contributed by atoms with Crippen LogP contribution in [0.3, 0.4) is 0 Å². The Kier molecular flexibility index (Phi) is 5.36. The van der Waals surface area contributed by atoms with Gasteiger partial charge < -0.3 is 14.7 Å². The van der Waals surface area contributed by atoms with E-state index in [-0.39, 0.29) is 18.6 Å². The first-order valence-electron chi connectivity index (χ1n) is 6.86. The largest absolute Gasteiger partial charge is 0.480 e. The summed E-state index contributed by atoms with van der Waals surface area (Å²) in [4.78, 5) is 24.8. The number of amides is 1. The van der Waals surface area contributed by atoms with Crippen molar-refractivity contribution in [3.05, 3.63) is 33.8 Å². The number of likely N-dealkylation sites (tertiary alicyclic amines) is 1. The molecule has 0 saturated carbocycles. The maximum absolute atomic E-state index is 12.5. The van der Waals surface area contributed by atoms with E-state index >= 15 is 0 Å². The minimum atomic E-state index is -0.961. The maximum atomic E-state index is 12.5. The second-order valence-electron chi connectivity index (χ2n) is 5.18. The number of aryl methyl sites for hydroxylation is 1. The van der Waals surface area contributed by atoms with Gasteiger partial charge in [0.1, 0.15) is 6.61 Å². The smallest absolute Gasteiger partial charge is 0.329 e. The molecular formula is C15H18BrNO4. The first kappa shape index (κ1) is 16.0. The van der Waals surface area contributed by atoms with Gasteiger partial charge in [0.2, 0.25) is 0 Å². The zero-order valence-corrected chi connectivity index (χ0v) is 13.4. The predicted octanol–water partition coefficient (Wildman–Crippen LogP) is 2.46. The van der Waals surface area contributed by atoms with Crippen LogP contribution in [0.15, 0.2) is 22.7 Å². The summed E-state index contributed by atoms with van der Waals surface area (Å²) in [6.07, 6.45) is 1.26. The van der Waals surface area contributed by atoms with Crippen molar-refractivity contribution in [2.24, 2.45) is 0 Å². The lowest BCUT2D eigenvalue weighted by atomic mass is 10.1. The van der Waals surface area contributed by atoms with Crippen molar-refractivity contribution in [2.45, 2.75) is 25.9 Å². The van der Waals surface area contributed by atoms with E-state index in [0.29, 0.717) is 31.5 Å². The Balaban J connectivity index is 1.94. The number of nitrogens with zero attached hydrogens (tertiary/aromatic N) is 1. The van der Waals surface area contributed by atoms with Crippen molar-refractivity contribution < 1.29 is 19.4 Å². The van der Waals surface area contributed by atoms with Crippen molar-refractivity contribution in [3.63, 3.8) is 0 Å². The molecule has 1 N–H and O–H groups in total. The van der Waals surface area contributed by atoms with Crippen molar-refractivity contribution in [1.82, 2.24) is 4.90 Å². The van der Waals surface area contributed by atoms with Crippen molar-refractivity contribution >= 4 is 27.8 Å². The van der Waals surface area contributed by atoms with Crippen LogP contribution in [0.2, 0.25) is 0 Å². The number of carboxylic acid groups (broad SMARTS) is 1. The number of piperidine rings is 1. The van der Waals surface area contributed by atoms with E-state index in [1.54, 1.807) is 4.90 Å². The highest BCUT2D eigenvalue weighted by Crippen LogP contribution is 2.22. The zero-order valence-electron chi connectivity index (χ0n) is 11.8. The molecule has 0 aromatic heterocycles. The van der Waals surface area contributed by atoms with E-state index in [1.165, 1.54) is 0 Å². The van der Waals surface area contributed by atoms with E-state index in [2.05, 4.69) is 15.9 Å².